The smallest absolute Gasteiger partial charge is 0.217 e. The number of ether oxygens (including phenoxy) is 2. The molecule has 0 heterocycles. The third-order valence-corrected chi connectivity index (χ3v) is 2.38. The molecule has 1 aromatic rings. The number of hydrogen-bond acceptors (Lipinski definition) is 3. The van der Waals surface area contributed by atoms with E-state index in [4.69, 9.17) is 15.2 Å². The fourth-order valence-corrected chi connectivity index (χ4v) is 1.47. The molecule has 0 unspecified atom stereocenters. The number of primary amides is 1. The number of carbonyl (C=O) groups excluding carboxylic acids is 1. The van der Waals surface area contributed by atoms with Gasteiger partial charge in [-0.15, -0.1) is 0 Å². The van der Waals surface area contributed by atoms with Crippen LogP contribution >= 0.6 is 0 Å². The van der Waals surface area contributed by atoms with Crippen LogP contribution in [0.1, 0.15) is 25.3 Å². The molecule has 0 saturated heterocycles. The Labute approximate surface area is 102 Å². The van der Waals surface area contributed by atoms with E-state index in [0.29, 0.717) is 19.4 Å². The molecule has 94 valence electrons. The van der Waals surface area contributed by atoms with Gasteiger partial charge in [-0.05, 0) is 24.5 Å². The summed E-state index contributed by atoms with van der Waals surface area (Å²) in [7, 11) is 1.61. The first-order chi connectivity index (χ1) is 8.17. The average molecular weight is 237 g/mol. The molecular weight excluding hydrogens is 218 g/mol. The number of aryl methyl sites for hydroxylation is 1. The molecule has 1 rings (SSSR count). The third kappa shape index (κ3) is 4.34. The van der Waals surface area contributed by atoms with Crippen LogP contribution in [0.2, 0.25) is 0 Å². The summed E-state index contributed by atoms with van der Waals surface area (Å²) in [6.45, 7) is 2.69. The van der Waals surface area contributed by atoms with Crippen LogP contribution in [-0.4, -0.2) is 19.6 Å². The van der Waals surface area contributed by atoms with Crippen LogP contribution in [0.5, 0.6) is 11.5 Å². The van der Waals surface area contributed by atoms with E-state index in [-0.39, 0.29) is 5.91 Å². The Morgan fingerprint density at radius 2 is 2.18 bits per heavy atom. The largest absolute Gasteiger partial charge is 0.497 e. The molecule has 0 aliphatic carbocycles. The van der Waals surface area contributed by atoms with Crippen LogP contribution in [0.4, 0.5) is 0 Å². The number of nitrogens with two attached hydrogens (primary N) is 1. The van der Waals surface area contributed by atoms with Crippen molar-refractivity contribution in [2.24, 2.45) is 5.73 Å². The number of rotatable bonds is 7. The van der Waals surface area contributed by atoms with Crippen LogP contribution in [0, 0.1) is 0 Å². The normalized spacial score (nSPS) is 10.0. The Balaban J connectivity index is 2.81. The maximum atomic E-state index is 10.8. The van der Waals surface area contributed by atoms with E-state index in [1.54, 1.807) is 7.11 Å². The minimum Gasteiger partial charge on any atom is -0.497 e. The van der Waals surface area contributed by atoms with E-state index in [9.17, 15) is 4.79 Å². The Morgan fingerprint density at radius 3 is 2.76 bits per heavy atom. The van der Waals surface area contributed by atoms with Gasteiger partial charge in [0.2, 0.25) is 5.91 Å². The van der Waals surface area contributed by atoms with Crippen LogP contribution in [0.25, 0.3) is 0 Å². The maximum Gasteiger partial charge on any atom is 0.217 e. The lowest BCUT2D eigenvalue weighted by Gasteiger charge is -2.12. The Morgan fingerprint density at radius 1 is 1.41 bits per heavy atom. The number of amides is 1. The van der Waals surface area contributed by atoms with Crippen molar-refractivity contribution in [3.63, 3.8) is 0 Å². The topological polar surface area (TPSA) is 61.6 Å². The molecular formula is C13H19NO3. The predicted molar refractivity (Wildman–Crippen MR) is 66.3 cm³/mol. The summed E-state index contributed by atoms with van der Waals surface area (Å²) in [5, 5.41) is 0. The molecule has 1 amide bonds. The molecule has 2 N–H and O–H groups in total. The van der Waals surface area contributed by atoms with Crippen LogP contribution in [0.3, 0.4) is 0 Å². The van der Waals surface area contributed by atoms with E-state index < -0.39 is 0 Å². The van der Waals surface area contributed by atoms with Crippen molar-refractivity contribution in [3.05, 3.63) is 23.8 Å². The molecule has 0 fully saturated rings. The Kier molecular flexibility index (Phi) is 5.33. The zero-order valence-electron chi connectivity index (χ0n) is 10.4. The molecule has 0 saturated carbocycles. The number of benzene rings is 1. The van der Waals surface area contributed by atoms with Gasteiger partial charge in [-0.3, -0.25) is 4.79 Å². The van der Waals surface area contributed by atoms with Crippen LogP contribution in [-0.2, 0) is 11.2 Å². The van der Waals surface area contributed by atoms with Crippen molar-refractivity contribution in [1.29, 1.82) is 0 Å². The highest BCUT2D eigenvalue weighted by atomic mass is 16.5. The second-order valence-corrected chi connectivity index (χ2v) is 3.79. The summed E-state index contributed by atoms with van der Waals surface area (Å²) in [5.74, 6) is 1.22. The SMILES string of the molecule is CCCOc1cc(OC)ccc1CCC(N)=O. The molecule has 0 aliphatic rings. The zero-order chi connectivity index (χ0) is 12.7. The minimum absolute atomic E-state index is 0.303. The first kappa shape index (κ1) is 13.4. The third-order valence-electron chi connectivity index (χ3n) is 2.38. The molecule has 17 heavy (non-hydrogen) atoms. The Bertz CT molecular complexity index is 377. The monoisotopic (exact) mass is 237 g/mol. The summed E-state index contributed by atoms with van der Waals surface area (Å²) in [6, 6.07) is 5.61. The highest BCUT2D eigenvalue weighted by molar-refractivity contribution is 5.74. The lowest BCUT2D eigenvalue weighted by atomic mass is 10.1. The van der Waals surface area contributed by atoms with Gasteiger partial charge in [0.25, 0.3) is 0 Å². The fourth-order valence-electron chi connectivity index (χ4n) is 1.47. The summed E-state index contributed by atoms with van der Waals surface area (Å²) in [6.07, 6.45) is 1.86. The van der Waals surface area contributed by atoms with Crippen molar-refractivity contribution < 1.29 is 14.3 Å². The van der Waals surface area contributed by atoms with Gasteiger partial charge in [-0.25, -0.2) is 0 Å². The predicted octanol–water partition coefficient (Wildman–Crippen LogP) is 1.90. The van der Waals surface area contributed by atoms with Crippen molar-refractivity contribution in [2.45, 2.75) is 26.2 Å². The van der Waals surface area contributed by atoms with Crippen molar-refractivity contribution >= 4 is 5.91 Å². The van der Waals surface area contributed by atoms with Crippen molar-refractivity contribution in [3.8, 4) is 11.5 Å². The van der Waals surface area contributed by atoms with Crippen molar-refractivity contribution in [2.75, 3.05) is 13.7 Å². The van der Waals surface area contributed by atoms with E-state index in [2.05, 4.69) is 0 Å². The van der Waals surface area contributed by atoms with Gasteiger partial charge >= 0.3 is 0 Å². The van der Waals surface area contributed by atoms with Gasteiger partial charge < -0.3 is 15.2 Å². The molecule has 4 heteroatoms. The molecule has 0 radical (unpaired) electrons. The molecule has 0 aliphatic heterocycles. The molecule has 0 atom stereocenters. The van der Waals surface area contributed by atoms with Crippen LogP contribution in [0.15, 0.2) is 18.2 Å². The van der Waals surface area contributed by atoms with E-state index >= 15 is 0 Å². The summed E-state index contributed by atoms with van der Waals surface area (Å²) in [4.78, 5) is 10.8. The van der Waals surface area contributed by atoms with E-state index in [0.717, 1.165) is 23.5 Å². The standard InChI is InChI=1S/C13H19NO3/c1-3-8-17-12-9-11(16-2)6-4-10(12)5-7-13(14)15/h4,6,9H,3,5,7-8H2,1-2H3,(H2,14,15). The van der Waals surface area contributed by atoms with E-state index in [1.807, 2.05) is 25.1 Å². The summed E-state index contributed by atoms with van der Waals surface area (Å²) in [5.41, 5.74) is 6.13. The number of carbonyl (C=O) groups is 1. The average Bonchev–Trinajstić information content (AvgIpc) is 2.34. The second kappa shape index (κ2) is 6.78. The highest BCUT2D eigenvalue weighted by Crippen LogP contribution is 2.26. The summed E-state index contributed by atoms with van der Waals surface area (Å²) >= 11 is 0. The number of hydrogen-bond donors (Lipinski definition) is 1. The summed E-state index contributed by atoms with van der Waals surface area (Å²) < 4.78 is 10.8. The quantitative estimate of drug-likeness (QED) is 0.787. The molecule has 1 aromatic carbocycles. The van der Waals surface area contributed by atoms with E-state index in [1.165, 1.54) is 0 Å². The lowest BCUT2D eigenvalue weighted by molar-refractivity contribution is -0.117. The van der Waals surface area contributed by atoms with Gasteiger partial charge in [0, 0.05) is 12.5 Å². The second-order valence-electron chi connectivity index (χ2n) is 3.79. The van der Waals surface area contributed by atoms with Gasteiger partial charge in [0.15, 0.2) is 0 Å². The number of methoxy groups -OCH3 is 1. The van der Waals surface area contributed by atoms with Gasteiger partial charge in [0.05, 0.1) is 13.7 Å². The highest BCUT2D eigenvalue weighted by Gasteiger charge is 2.07. The first-order valence-electron chi connectivity index (χ1n) is 5.75. The molecule has 0 spiro atoms. The zero-order valence-corrected chi connectivity index (χ0v) is 10.4. The van der Waals surface area contributed by atoms with Crippen LogP contribution < -0.4 is 15.2 Å². The molecule has 4 nitrogen and oxygen atoms in total. The van der Waals surface area contributed by atoms with Gasteiger partial charge in [-0.2, -0.15) is 0 Å². The maximum absolute atomic E-state index is 10.8. The lowest BCUT2D eigenvalue weighted by Crippen LogP contribution is -2.11. The first-order valence-corrected chi connectivity index (χ1v) is 5.75. The Hall–Kier alpha value is -1.71. The fraction of sp³-hybridized carbons (Fsp3) is 0.462. The molecule has 0 bridgehead atoms. The minimum atomic E-state index is -0.303. The van der Waals surface area contributed by atoms with Gasteiger partial charge in [-0.1, -0.05) is 13.0 Å². The van der Waals surface area contributed by atoms with Crippen molar-refractivity contribution in [1.82, 2.24) is 0 Å². The molecule has 0 aromatic heterocycles. The van der Waals surface area contributed by atoms with Gasteiger partial charge in [0.1, 0.15) is 11.5 Å².